The van der Waals surface area contributed by atoms with E-state index in [1.807, 2.05) is 64.1 Å². The second kappa shape index (κ2) is 8.72. The van der Waals surface area contributed by atoms with Crippen molar-refractivity contribution in [2.45, 2.75) is 27.7 Å². The van der Waals surface area contributed by atoms with Crippen LogP contribution in [0.25, 0.3) is 0 Å². The lowest BCUT2D eigenvalue weighted by molar-refractivity contribution is -0.114. The summed E-state index contributed by atoms with van der Waals surface area (Å²) in [6.45, 7) is 8.09. The van der Waals surface area contributed by atoms with Crippen LogP contribution < -0.4 is 10.6 Å². The summed E-state index contributed by atoms with van der Waals surface area (Å²) in [5.41, 5.74) is 6.23. The van der Waals surface area contributed by atoms with Crippen molar-refractivity contribution in [1.29, 1.82) is 0 Å². The Morgan fingerprint density at radius 2 is 1.12 bits per heavy atom. The van der Waals surface area contributed by atoms with E-state index in [2.05, 4.69) is 10.6 Å². The lowest BCUT2D eigenvalue weighted by atomic mass is 10.1. The average molecular weight is 356 g/mol. The summed E-state index contributed by atoms with van der Waals surface area (Å²) in [6.07, 6.45) is 0. The SMILES string of the molecule is Cc1ccc(NC(=O)CSCC(=O)Nc2ccc(C)c(C)c2)cc1C. The summed E-state index contributed by atoms with van der Waals surface area (Å²) in [4.78, 5) is 23.9. The Morgan fingerprint density at radius 1 is 0.720 bits per heavy atom. The first kappa shape index (κ1) is 19.1. The summed E-state index contributed by atoms with van der Waals surface area (Å²) in [6, 6.07) is 11.6. The largest absolute Gasteiger partial charge is 0.325 e. The number of anilines is 2. The predicted molar refractivity (Wildman–Crippen MR) is 106 cm³/mol. The summed E-state index contributed by atoms with van der Waals surface area (Å²) in [5.74, 6) is 0.278. The molecular formula is C20H24N2O2S. The van der Waals surface area contributed by atoms with Crippen molar-refractivity contribution in [3.63, 3.8) is 0 Å². The molecule has 0 bridgehead atoms. The Hall–Kier alpha value is -2.27. The van der Waals surface area contributed by atoms with Gasteiger partial charge in [0, 0.05) is 11.4 Å². The number of amides is 2. The number of benzene rings is 2. The van der Waals surface area contributed by atoms with Gasteiger partial charge in [0.2, 0.25) is 11.8 Å². The van der Waals surface area contributed by atoms with E-state index in [1.54, 1.807) is 0 Å². The maximum atomic E-state index is 12.0. The molecule has 5 heteroatoms. The van der Waals surface area contributed by atoms with E-state index in [0.29, 0.717) is 0 Å². The zero-order valence-corrected chi connectivity index (χ0v) is 15.9. The number of carbonyl (C=O) groups is 2. The van der Waals surface area contributed by atoms with Crippen molar-refractivity contribution in [2.24, 2.45) is 0 Å². The zero-order valence-electron chi connectivity index (χ0n) is 15.1. The maximum Gasteiger partial charge on any atom is 0.234 e. The fourth-order valence-electron chi connectivity index (χ4n) is 2.27. The highest BCUT2D eigenvalue weighted by Gasteiger charge is 2.07. The van der Waals surface area contributed by atoms with E-state index >= 15 is 0 Å². The summed E-state index contributed by atoms with van der Waals surface area (Å²) in [7, 11) is 0. The van der Waals surface area contributed by atoms with E-state index in [4.69, 9.17) is 0 Å². The fourth-order valence-corrected chi connectivity index (χ4v) is 2.89. The Morgan fingerprint density at radius 3 is 1.48 bits per heavy atom. The van der Waals surface area contributed by atoms with Gasteiger partial charge in [0.05, 0.1) is 11.5 Å². The molecule has 2 amide bonds. The molecule has 132 valence electrons. The zero-order chi connectivity index (χ0) is 18.4. The lowest BCUT2D eigenvalue weighted by Crippen LogP contribution is -2.18. The Balaban J connectivity index is 1.75. The third-order valence-electron chi connectivity index (χ3n) is 4.05. The molecule has 2 aromatic rings. The van der Waals surface area contributed by atoms with E-state index in [9.17, 15) is 9.59 Å². The van der Waals surface area contributed by atoms with Gasteiger partial charge < -0.3 is 10.6 Å². The number of carbonyl (C=O) groups excluding carboxylic acids is 2. The van der Waals surface area contributed by atoms with E-state index in [1.165, 1.54) is 22.9 Å². The predicted octanol–water partition coefficient (Wildman–Crippen LogP) is 4.23. The Kier molecular flexibility index (Phi) is 6.65. The van der Waals surface area contributed by atoms with Crippen LogP contribution in [-0.2, 0) is 9.59 Å². The minimum Gasteiger partial charge on any atom is -0.325 e. The molecule has 0 saturated heterocycles. The van der Waals surface area contributed by atoms with Crippen LogP contribution in [0.5, 0.6) is 0 Å². The molecule has 0 aromatic heterocycles. The Labute approximate surface area is 153 Å². The smallest absolute Gasteiger partial charge is 0.234 e. The van der Waals surface area contributed by atoms with Crippen molar-refractivity contribution in [3.8, 4) is 0 Å². The van der Waals surface area contributed by atoms with Crippen molar-refractivity contribution in [3.05, 3.63) is 58.7 Å². The molecule has 0 aliphatic rings. The van der Waals surface area contributed by atoms with Crippen LogP contribution in [0.1, 0.15) is 22.3 Å². The molecule has 2 aromatic carbocycles. The first-order valence-electron chi connectivity index (χ1n) is 8.17. The highest BCUT2D eigenvalue weighted by atomic mass is 32.2. The number of hydrogen-bond donors (Lipinski definition) is 2. The van der Waals surface area contributed by atoms with Crippen molar-refractivity contribution < 1.29 is 9.59 Å². The van der Waals surface area contributed by atoms with Crippen molar-refractivity contribution in [2.75, 3.05) is 22.1 Å². The standard InChI is InChI=1S/C20H24N2O2S/c1-13-5-7-17(9-15(13)3)21-19(23)11-25-12-20(24)22-18-8-6-14(2)16(4)10-18/h5-10H,11-12H2,1-4H3,(H,21,23)(H,22,24). The van der Waals surface area contributed by atoms with Gasteiger partial charge in [-0.15, -0.1) is 11.8 Å². The summed E-state index contributed by atoms with van der Waals surface area (Å²) < 4.78 is 0. The highest BCUT2D eigenvalue weighted by Crippen LogP contribution is 2.16. The minimum atomic E-state index is -0.104. The van der Waals surface area contributed by atoms with Gasteiger partial charge >= 0.3 is 0 Å². The molecule has 0 radical (unpaired) electrons. The van der Waals surface area contributed by atoms with Crippen molar-refractivity contribution >= 4 is 35.0 Å². The van der Waals surface area contributed by atoms with Crippen LogP contribution in [-0.4, -0.2) is 23.3 Å². The monoisotopic (exact) mass is 356 g/mol. The van der Waals surface area contributed by atoms with Crippen LogP contribution in [0, 0.1) is 27.7 Å². The number of thioether (sulfide) groups is 1. The highest BCUT2D eigenvalue weighted by molar-refractivity contribution is 8.00. The Bertz CT molecular complexity index is 722. The number of rotatable bonds is 6. The molecule has 2 N–H and O–H groups in total. The third-order valence-corrected chi connectivity index (χ3v) is 4.98. The van der Waals surface area contributed by atoms with Crippen LogP contribution in [0.4, 0.5) is 11.4 Å². The van der Waals surface area contributed by atoms with Gasteiger partial charge in [-0.3, -0.25) is 9.59 Å². The first-order chi connectivity index (χ1) is 11.8. The van der Waals surface area contributed by atoms with Gasteiger partial charge in [0.15, 0.2) is 0 Å². The molecule has 0 fully saturated rings. The average Bonchev–Trinajstić information content (AvgIpc) is 2.54. The van der Waals surface area contributed by atoms with Crippen LogP contribution in [0.3, 0.4) is 0 Å². The third kappa shape index (κ3) is 5.94. The number of aryl methyl sites for hydroxylation is 4. The van der Waals surface area contributed by atoms with Gasteiger partial charge in [-0.05, 0) is 74.2 Å². The van der Waals surface area contributed by atoms with Gasteiger partial charge in [-0.1, -0.05) is 12.1 Å². The van der Waals surface area contributed by atoms with Crippen LogP contribution >= 0.6 is 11.8 Å². The summed E-state index contributed by atoms with van der Waals surface area (Å²) >= 11 is 1.30. The molecule has 2 rings (SSSR count). The second-order valence-electron chi connectivity index (χ2n) is 6.19. The first-order valence-corrected chi connectivity index (χ1v) is 9.32. The maximum absolute atomic E-state index is 12.0. The van der Waals surface area contributed by atoms with E-state index in [-0.39, 0.29) is 23.3 Å². The lowest BCUT2D eigenvalue weighted by Gasteiger charge is -2.09. The van der Waals surface area contributed by atoms with E-state index in [0.717, 1.165) is 22.5 Å². The minimum absolute atomic E-state index is 0.104. The second-order valence-corrected chi connectivity index (χ2v) is 7.17. The molecule has 0 atom stereocenters. The van der Waals surface area contributed by atoms with Crippen LogP contribution in [0.2, 0.25) is 0 Å². The van der Waals surface area contributed by atoms with Gasteiger partial charge in [-0.2, -0.15) is 0 Å². The van der Waals surface area contributed by atoms with Gasteiger partial charge in [0.25, 0.3) is 0 Å². The molecular weight excluding hydrogens is 332 g/mol. The number of nitrogens with one attached hydrogen (secondary N) is 2. The quantitative estimate of drug-likeness (QED) is 0.814. The fraction of sp³-hybridized carbons (Fsp3) is 0.300. The van der Waals surface area contributed by atoms with Gasteiger partial charge in [-0.25, -0.2) is 0 Å². The molecule has 0 spiro atoms. The molecule has 25 heavy (non-hydrogen) atoms. The molecule has 0 heterocycles. The van der Waals surface area contributed by atoms with Gasteiger partial charge in [0.1, 0.15) is 0 Å². The van der Waals surface area contributed by atoms with Crippen LogP contribution in [0.15, 0.2) is 36.4 Å². The molecule has 4 nitrogen and oxygen atoms in total. The van der Waals surface area contributed by atoms with E-state index < -0.39 is 0 Å². The molecule has 0 aliphatic carbocycles. The number of hydrogen-bond acceptors (Lipinski definition) is 3. The molecule has 0 saturated carbocycles. The molecule has 0 aliphatic heterocycles. The normalized spacial score (nSPS) is 10.4. The molecule has 0 unspecified atom stereocenters. The van der Waals surface area contributed by atoms with Crippen molar-refractivity contribution in [1.82, 2.24) is 0 Å². The summed E-state index contributed by atoms with van der Waals surface area (Å²) in [5, 5.41) is 5.71. The topological polar surface area (TPSA) is 58.2 Å².